The molecule has 0 aliphatic rings. The van der Waals surface area contributed by atoms with E-state index in [1.54, 1.807) is 0 Å². The van der Waals surface area contributed by atoms with Gasteiger partial charge >= 0.3 is 0 Å². The zero-order chi connectivity index (χ0) is 23.2. The van der Waals surface area contributed by atoms with E-state index in [2.05, 4.69) is 32.6 Å². The Bertz CT molecular complexity index is 394. The van der Waals surface area contributed by atoms with Gasteiger partial charge in [0.15, 0.2) is 0 Å². The second-order valence-electron chi connectivity index (χ2n) is 9.68. The Morgan fingerprint density at radius 1 is 0.581 bits per heavy atom. The van der Waals surface area contributed by atoms with Gasteiger partial charge in [0.25, 0.3) is 0 Å². The molecule has 186 valence electrons. The highest BCUT2D eigenvalue weighted by atomic mass is 16.1. The predicted octanol–water partition coefficient (Wildman–Crippen LogP) is 8.39. The number of hydrogen-bond acceptors (Lipinski definition) is 2. The summed E-state index contributed by atoms with van der Waals surface area (Å²) in [7, 11) is 0. The van der Waals surface area contributed by atoms with Crippen molar-refractivity contribution in [2.24, 2.45) is 5.73 Å². The number of amides is 1. The standard InChI is InChI=1S/C28H58N2O/c1-5-9-10-11-12-13-14-15-16-17-18-19-20-21-22-23-24-25-26-28(6-2,27(29)31)30(7-3)8-4/h5-26H2,1-4H3,(H2,29,31). The normalized spacial score (nSPS) is 13.6. The second kappa shape index (κ2) is 21.3. The van der Waals surface area contributed by atoms with Gasteiger partial charge in [-0.05, 0) is 25.9 Å². The molecule has 0 heterocycles. The molecule has 1 amide bonds. The molecule has 0 rings (SSSR count). The van der Waals surface area contributed by atoms with E-state index in [1.165, 1.54) is 109 Å². The quantitative estimate of drug-likeness (QED) is 0.154. The first-order chi connectivity index (χ1) is 15.1. The second-order valence-corrected chi connectivity index (χ2v) is 9.68. The summed E-state index contributed by atoms with van der Waals surface area (Å²) in [6.07, 6.45) is 26.7. The molecule has 2 N–H and O–H groups in total. The Kier molecular flexibility index (Phi) is 20.9. The summed E-state index contributed by atoms with van der Waals surface area (Å²) in [5.41, 5.74) is 5.40. The van der Waals surface area contributed by atoms with E-state index in [4.69, 9.17) is 5.73 Å². The Hall–Kier alpha value is -0.570. The maximum Gasteiger partial charge on any atom is 0.237 e. The van der Waals surface area contributed by atoms with Crippen molar-refractivity contribution in [3.05, 3.63) is 0 Å². The van der Waals surface area contributed by atoms with Crippen molar-refractivity contribution in [1.29, 1.82) is 0 Å². The van der Waals surface area contributed by atoms with Crippen molar-refractivity contribution in [3.8, 4) is 0 Å². The molecule has 0 saturated heterocycles. The van der Waals surface area contributed by atoms with Gasteiger partial charge in [0.2, 0.25) is 5.91 Å². The summed E-state index contributed by atoms with van der Waals surface area (Å²) < 4.78 is 0. The van der Waals surface area contributed by atoms with Crippen molar-refractivity contribution < 1.29 is 4.79 Å². The maximum absolute atomic E-state index is 12.2. The van der Waals surface area contributed by atoms with Gasteiger partial charge in [0.1, 0.15) is 0 Å². The van der Waals surface area contributed by atoms with Crippen molar-refractivity contribution in [2.45, 2.75) is 162 Å². The highest BCUT2D eigenvalue weighted by molar-refractivity contribution is 5.84. The zero-order valence-electron chi connectivity index (χ0n) is 22.0. The third kappa shape index (κ3) is 14.2. The van der Waals surface area contributed by atoms with Gasteiger partial charge in [0.05, 0.1) is 5.54 Å². The van der Waals surface area contributed by atoms with Crippen molar-refractivity contribution >= 4 is 5.91 Å². The molecule has 0 spiro atoms. The molecule has 0 fully saturated rings. The van der Waals surface area contributed by atoms with E-state index in [1.807, 2.05) is 0 Å². The largest absolute Gasteiger partial charge is 0.368 e. The summed E-state index contributed by atoms with van der Waals surface area (Å²) >= 11 is 0. The molecule has 3 heteroatoms. The monoisotopic (exact) mass is 438 g/mol. The number of primary amides is 1. The van der Waals surface area contributed by atoms with Gasteiger partial charge in [-0.25, -0.2) is 0 Å². The molecule has 0 radical (unpaired) electrons. The fraction of sp³-hybridized carbons (Fsp3) is 0.964. The summed E-state index contributed by atoms with van der Waals surface area (Å²) in [4.78, 5) is 14.5. The lowest BCUT2D eigenvalue weighted by molar-refractivity contribution is -0.131. The average Bonchev–Trinajstić information content (AvgIpc) is 2.77. The van der Waals surface area contributed by atoms with Gasteiger partial charge in [-0.15, -0.1) is 0 Å². The molecule has 0 bridgehead atoms. The number of nitrogens with two attached hydrogens (primary N) is 1. The molecule has 31 heavy (non-hydrogen) atoms. The van der Waals surface area contributed by atoms with Gasteiger partial charge in [0, 0.05) is 0 Å². The summed E-state index contributed by atoms with van der Waals surface area (Å²) in [6.45, 7) is 10.5. The number of likely N-dealkylation sites (N-methyl/N-ethyl adjacent to an activating group) is 1. The molecule has 0 saturated carbocycles. The van der Waals surface area contributed by atoms with Gasteiger partial charge in [-0.2, -0.15) is 0 Å². The third-order valence-corrected chi connectivity index (χ3v) is 7.36. The summed E-state index contributed by atoms with van der Waals surface area (Å²) in [5.74, 6) is -0.134. The third-order valence-electron chi connectivity index (χ3n) is 7.36. The van der Waals surface area contributed by atoms with E-state index in [9.17, 15) is 4.79 Å². The molecule has 1 atom stereocenters. The zero-order valence-corrected chi connectivity index (χ0v) is 22.0. The smallest absolute Gasteiger partial charge is 0.237 e. The highest BCUT2D eigenvalue weighted by Gasteiger charge is 2.38. The van der Waals surface area contributed by atoms with Crippen LogP contribution in [0.5, 0.6) is 0 Å². The van der Waals surface area contributed by atoms with Crippen LogP contribution in [0, 0.1) is 0 Å². The van der Waals surface area contributed by atoms with Crippen molar-refractivity contribution in [2.75, 3.05) is 13.1 Å². The minimum Gasteiger partial charge on any atom is -0.368 e. The summed E-state index contributed by atoms with van der Waals surface area (Å²) in [5, 5.41) is 0. The number of unbranched alkanes of at least 4 members (excludes halogenated alkanes) is 17. The van der Waals surface area contributed by atoms with Crippen LogP contribution in [0.25, 0.3) is 0 Å². The van der Waals surface area contributed by atoms with E-state index in [0.717, 1.165) is 32.4 Å². The van der Waals surface area contributed by atoms with Crippen molar-refractivity contribution in [3.63, 3.8) is 0 Å². The SMILES string of the molecule is CCCCCCCCCCCCCCCCCCCCC(CC)(C(N)=O)N(CC)CC. The molecule has 0 aliphatic heterocycles. The molecular weight excluding hydrogens is 380 g/mol. The lowest BCUT2D eigenvalue weighted by Crippen LogP contribution is -2.57. The Labute approximate surface area is 196 Å². The van der Waals surface area contributed by atoms with E-state index < -0.39 is 5.54 Å². The molecule has 3 nitrogen and oxygen atoms in total. The van der Waals surface area contributed by atoms with Crippen molar-refractivity contribution in [1.82, 2.24) is 4.90 Å². The number of hydrogen-bond donors (Lipinski definition) is 1. The fourth-order valence-electron chi connectivity index (χ4n) is 5.16. The van der Waals surface area contributed by atoms with Crippen LogP contribution in [0.1, 0.15) is 156 Å². The lowest BCUT2D eigenvalue weighted by Gasteiger charge is -2.40. The van der Waals surface area contributed by atoms with Gasteiger partial charge in [-0.3, -0.25) is 9.69 Å². The molecule has 0 aromatic carbocycles. The topological polar surface area (TPSA) is 46.3 Å². The number of nitrogens with zero attached hydrogens (tertiary/aromatic N) is 1. The lowest BCUT2D eigenvalue weighted by atomic mass is 9.86. The molecule has 1 unspecified atom stereocenters. The van der Waals surface area contributed by atoms with Crippen LogP contribution in [0.2, 0.25) is 0 Å². The molecule has 0 aromatic heterocycles. The Morgan fingerprint density at radius 3 is 1.16 bits per heavy atom. The van der Waals surface area contributed by atoms with E-state index >= 15 is 0 Å². The molecule has 0 aliphatic carbocycles. The van der Waals surface area contributed by atoms with Crippen LogP contribution in [0.3, 0.4) is 0 Å². The number of carbonyl (C=O) groups excluding carboxylic acids is 1. The van der Waals surface area contributed by atoms with Gasteiger partial charge < -0.3 is 5.73 Å². The molecule has 0 aromatic rings. The van der Waals surface area contributed by atoms with E-state index in [-0.39, 0.29) is 5.91 Å². The average molecular weight is 439 g/mol. The number of rotatable bonds is 24. The van der Waals surface area contributed by atoms with Crippen LogP contribution in [-0.2, 0) is 4.79 Å². The van der Waals surface area contributed by atoms with Crippen LogP contribution in [0.15, 0.2) is 0 Å². The minimum absolute atomic E-state index is 0.134. The van der Waals surface area contributed by atoms with Gasteiger partial charge in [-0.1, -0.05) is 143 Å². The number of carbonyl (C=O) groups is 1. The Balaban J connectivity index is 3.56. The van der Waals surface area contributed by atoms with Crippen LogP contribution in [0.4, 0.5) is 0 Å². The molecular formula is C28H58N2O. The first kappa shape index (κ1) is 30.4. The van der Waals surface area contributed by atoms with Crippen LogP contribution < -0.4 is 5.73 Å². The van der Waals surface area contributed by atoms with E-state index in [0.29, 0.717) is 0 Å². The Morgan fingerprint density at radius 2 is 0.903 bits per heavy atom. The fourth-order valence-corrected chi connectivity index (χ4v) is 5.16. The van der Waals surface area contributed by atoms with Crippen LogP contribution >= 0.6 is 0 Å². The highest BCUT2D eigenvalue weighted by Crippen LogP contribution is 2.27. The first-order valence-corrected chi connectivity index (χ1v) is 14.1. The maximum atomic E-state index is 12.2. The van der Waals surface area contributed by atoms with Crippen LogP contribution in [-0.4, -0.2) is 29.4 Å². The predicted molar refractivity (Wildman–Crippen MR) is 139 cm³/mol. The summed E-state index contributed by atoms with van der Waals surface area (Å²) in [6, 6.07) is 0. The first-order valence-electron chi connectivity index (χ1n) is 14.1. The minimum atomic E-state index is -0.432.